The van der Waals surface area contributed by atoms with E-state index in [-0.39, 0.29) is 24.4 Å². The first-order valence-electron chi connectivity index (χ1n) is 6.57. The summed E-state index contributed by atoms with van der Waals surface area (Å²) in [6.45, 7) is 4.73. The molecule has 0 N–H and O–H groups in total. The van der Waals surface area contributed by atoms with Crippen LogP contribution < -0.4 is 4.74 Å². The Labute approximate surface area is 118 Å². The zero-order chi connectivity index (χ0) is 14.7. The first-order chi connectivity index (χ1) is 9.52. The molecule has 1 aliphatic heterocycles. The molecule has 1 fully saturated rings. The molecule has 1 aliphatic rings. The van der Waals surface area contributed by atoms with Crippen LogP contribution in [0.2, 0.25) is 0 Å². The van der Waals surface area contributed by atoms with Gasteiger partial charge in [0.25, 0.3) is 5.91 Å². The van der Waals surface area contributed by atoms with Crippen LogP contribution in [0.5, 0.6) is 5.75 Å². The topological polar surface area (TPSA) is 55.8 Å². The normalized spacial score (nSPS) is 14.7. The lowest BCUT2D eigenvalue weighted by Gasteiger charge is -2.37. The molecule has 1 aromatic rings. The number of esters is 1. The van der Waals surface area contributed by atoms with Crippen LogP contribution in [0, 0.1) is 19.8 Å². The van der Waals surface area contributed by atoms with E-state index in [1.165, 1.54) is 7.11 Å². The van der Waals surface area contributed by atoms with E-state index in [1.54, 1.807) is 4.90 Å². The highest BCUT2D eigenvalue weighted by molar-refractivity contribution is 5.82. The molecule has 0 atom stereocenters. The van der Waals surface area contributed by atoms with Gasteiger partial charge in [-0.05, 0) is 25.0 Å². The Bertz CT molecular complexity index is 500. The van der Waals surface area contributed by atoms with Crippen LogP contribution in [0.25, 0.3) is 0 Å². The van der Waals surface area contributed by atoms with E-state index < -0.39 is 0 Å². The van der Waals surface area contributed by atoms with Crippen LogP contribution in [-0.4, -0.2) is 43.6 Å². The largest absolute Gasteiger partial charge is 0.483 e. The SMILES string of the molecule is COC(=O)C1CN(C(=O)COc2c(C)cccc2C)C1. The fourth-order valence-corrected chi connectivity index (χ4v) is 2.25. The molecule has 0 radical (unpaired) electrons. The summed E-state index contributed by atoms with van der Waals surface area (Å²) in [4.78, 5) is 24.8. The van der Waals surface area contributed by atoms with Gasteiger partial charge in [0.2, 0.25) is 0 Å². The maximum absolute atomic E-state index is 11.9. The maximum Gasteiger partial charge on any atom is 0.312 e. The predicted molar refractivity (Wildman–Crippen MR) is 73.5 cm³/mol. The molecule has 0 saturated carbocycles. The van der Waals surface area contributed by atoms with Gasteiger partial charge in [0.15, 0.2) is 6.61 Å². The summed E-state index contributed by atoms with van der Waals surface area (Å²) in [6.07, 6.45) is 0. The Morgan fingerprint density at radius 3 is 2.40 bits per heavy atom. The number of likely N-dealkylation sites (tertiary alicyclic amines) is 1. The average Bonchev–Trinajstić information content (AvgIpc) is 2.36. The van der Waals surface area contributed by atoms with Gasteiger partial charge in [-0.3, -0.25) is 9.59 Å². The van der Waals surface area contributed by atoms with Crippen molar-refractivity contribution in [1.29, 1.82) is 0 Å². The standard InChI is InChI=1S/C15H19NO4/c1-10-5-4-6-11(2)14(10)20-9-13(17)16-7-12(8-16)15(18)19-3/h4-6,12H,7-9H2,1-3H3. The second-order valence-corrected chi connectivity index (χ2v) is 5.03. The Morgan fingerprint density at radius 1 is 1.25 bits per heavy atom. The van der Waals surface area contributed by atoms with Gasteiger partial charge in [0, 0.05) is 13.1 Å². The molecule has 0 unspecified atom stereocenters. The number of rotatable bonds is 4. The number of hydrogen-bond acceptors (Lipinski definition) is 4. The molecule has 0 aliphatic carbocycles. The second-order valence-electron chi connectivity index (χ2n) is 5.03. The fourth-order valence-electron chi connectivity index (χ4n) is 2.25. The summed E-state index contributed by atoms with van der Waals surface area (Å²) in [6, 6.07) is 5.85. The quantitative estimate of drug-likeness (QED) is 0.779. The third-order valence-corrected chi connectivity index (χ3v) is 3.52. The van der Waals surface area contributed by atoms with Gasteiger partial charge >= 0.3 is 5.97 Å². The highest BCUT2D eigenvalue weighted by Crippen LogP contribution is 2.23. The van der Waals surface area contributed by atoms with Gasteiger partial charge in [0.1, 0.15) is 5.75 Å². The van der Waals surface area contributed by atoms with Crippen LogP contribution in [0.1, 0.15) is 11.1 Å². The van der Waals surface area contributed by atoms with Crippen molar-refractivity contribution in [3.8, 4) is 5.75 Å². The molecular weight excluding hydrogens is 258 g/mol. The average molecular weight is 277 g/mol. The third-order valence-electron chi connectivity index (χ3n) is 3.52. The van der Waals surface area contributed by atoms with Gasteiger partial charge < -0.3 is 14.4 Å². The van der Waals surface area contributed by atoms with Crippen LogP contribution in [0.3, 0.4) is 0 Å². The molecule has 1 amide bonds. The molecule has 0 aromatic heterocycles. The summed E-state index contributed by atoms with van der Waals surface area (Å²) in [5.74, 6) is 0.201. The van der Waals surface area contributed by atoms with E-state index in [4.69, 9.17) is 4.74 Å². The number of carbonyl (C=O) groups is 2. The molecular formula is C15H19NO4. The van der Waals surface area contributed by atoms with Gasteiger partial charge in [-0.15, -0.1) is 0 Å². The number of ether oxygens (including phenoxy) is 2. The van der Waals surface area contributed by atoms with E-state index >= 15 is 0 Å². The number of carbonyl (C=O) groups excluding carboxylic acids is 2. The number of amides is 1. The summed E-state index contributed by atoms with van der Waals surface area (Å²) in [5, 5.41) is 0. The van der Waals surface area contributed by atoms with Crippen molar-refractivity contribution in [2.75, 3.05) is 26.8 Å². The Kier molecular flexibility index (Phi) is 4.27. The highest BCUT2D eigenvalue weighted by Gasteiger charge is 2.36. The van der Waals surface area contributed by atoms with Crippen LogP contribution in [0.15, 0.2) is 18.2 Å². The first kappa shape index (κ1) is 14.4. The number of benzene rings is 1. The maximum atomic E-state index is 11.9. The van der Waals surface area contributed by atoms with E-state index in [1.807, 2.05) is 32.0 Å². The van der Waals surface area contributed by atoms with Crippen molar-refractivity contribution in [2.24, 2.45) is 5.92 Å². The number of para-hydroxylation sites is 1. The van der Waals surface area contributed by atoms with Crippen LogP contribution in [-0.2, 0) is 14.3 Å². The van der Waals surface area contributed by atoms with Crippen molar-refractivity contribution in [2.45, 2.75) is 13.8 Å². The monoisotopic (exact) mass is 277 g/mol. The molecule has 2 rings (SSSR count). The zero-order valence-electron chi connectivity index (χ0n) is 12.0. The number of hydrogen-bond donors (Lipinski definition) is 0. The van der Waals surface area contributed by atoms with E-state index in [2.05, 4.69) is 4.74 Å². The highest BCUT2D eigenvalue weighted by atomic mass is 16.5. The van der Waals surface area contributed by atoms with Crippen molar-refractivity contribution < 1.29 is 19.1 Å². The first-order valence-corrected chi connectivity index (χ1v) is 6.57. The lowest BCUT2D eigenvalue weighted by atomic mass is 10.0. The predicted octanol–water partition coefficient (Wildman–Crippen LogP) is 1.31. The number of nitrogens with zero attached hydrogens (tertiary/aromatic N) is 1. The summed E-state index contributed by atoms with van der Waals surface area (Å²) in [7, 11) is 1.36. The van der Waals surface area contributed by atoms with Crippen LogP contribution >= 0.6 is 0 Å². The van der Waals surface area contributed by atoms with Crippen molar-refractivity contribution in [3.05, 3.63) is 29.3 Å². The molecule has 108 valence electrons. The number of aryl methyl sites for hydroxylation is 2. The van der Waals surface area contributed by atoms with Crippen molar-refractivity contribution in [3.63, 3.8) is 0 Å². The molecule has 20 heavy (non-hydrogen) atoms. The lowest BCUT2D eigenvalue weighted by Crippen LogP contribution is -2.54. The van der Waals surface area contributed by atoms with E-state index in [0.29, 0.717) is 13.1 Å². The van der Waals surface area contributed by atoms with Crippen LogP contribution in [0.4, 0.5) is 0 Å². The van der Waals surface area contributed by atoms with Gasteiger partial charge in [-0.2, -0.15) is 0 Å². The molecule has 5 heteroatoms. The third kappa shape index (κ3) is 2.92. The minimum absolute atomic E-state index is 0.000411. The minimum atomic E-state index is -0.260. The van der Waals surface area contributed by atoms with E-state index in [0.717, 1.165) is 16.9 Å². The Balaban J connectivity index is 1.84. The molecule has 1 heterocycles. The molecule has 1 saturated heterocycles. The molecule has 1 aromatic carbocycles. The summed E-state index contributed by atoms with van der Waals surface area (Å²) >= 11 is 0. The zero-order valence-corrected chi connectivity index (χ0v) is 12.0. The van der Waals surface area contributed by atoms with Crippen molar-refractivity contribution >= 4 is 11.9 Å². The lowest BCUT2D eigenvalue weighted by molar-refractivity contribution is -0.156. The van der Waals surface area contributed by atoms with Gasteiger partial charge in [-0.25, -0.2) is 0 Å². The molecule has 0 bridgehead atoms. The minimum Gasteiger partial charge on any atom is -0.483 e. The number of methoxy groups -OCH3 is 1. The van der Waals surface area contributed by atoms with Crippen molar-refractivity contribution in [1.82, 2.24) is 4.90 Å². The Morgan fingerprint density at radius 2 is 1.85 bits per heavy atom. The summed E-state index contributed by atoms with van der Waals surface area (Å²) in [5.41, 5.74) is 2.02. The van der Waals surface area contributed by atoms with Gasteiger partial charge in [0.05, 0.1) is 13.0 Å². The Hall–Kier alpha value is -2.04. The smallest absolute Gasteiger partial charge is 0.312 e. The fraction of sp³-hybridized carbons (Fsp3) is 0.467. The molecule has 0 spiro atoms. The second kappa shape index (κ2) is 5.94. The molecule has 5 nitrogen and oxygen atoms in total. The summed E-state index contributed by atoms with van der Waals surface area (Å²) < 4.78 is 10.2. The van der Waals surface area contributed by atoms with Gasteiger partial charge in [-0.1, -0.05) is 18.2 Å². The van der Waals surface area contributed by atoms with E-state index in [9.17, 15) is 9.59 Å².